The third kappa shape index (κ3) is 5.46. The number of nitrogens with zero attached hydrogens (tertiary/aromatic N) is 1. The molecule has 0 bridgehead atoms. The van der Waals surface area contributed by atoms with Crippen LogP contribution in [0.3, 0.4) is 0 Å². The Kier molecular flexibility index (Phi) is 7.00. The highest BCUT2D eigenvalue weighted by atomic mass is 16.2. The first kappa shape index (κ1) is 26.9. The number of carbonyl (C=O) groups is 5. The quantitative estimate of drug-likeness (QED) is 0.356. The summed E-state index contributed by atoms with van der Waals surface area (Å²) in [7, 11) is 0. The van der Waals surface area contributed by atoms with Gasteiger partial charge in [-0.1, -0.05) is 48.0 Å². The Morgan fingerprint density at radius 1 is 1.06 bits per heavy atom. The van der Waals surface area contributed by atoms with Crippen molar-refractivity contribution in [3.8, 4) is 0 Å². The average Bonchev–Trinajstić information content (AvgIpc) is 3.49. The summed E-state index contributed by atoms with van der Waals surface area (Å²) < 4.78 is 0. The van der Waals surface area contributed by atoms with E-state index in [1.165, 1.54) is 0 Å². The molecule has 0 spiro atoms. The van der Waals surface area contributed by atoms with Gasteiger partial charge in [0.05, 0.1) is 6.04 Å². The van der Waals surface area contributed by atoms with Gasteiger partial charge in [-0.05, 0) is 48.9 Å². The number of carbonyl (C=O) groups excluding carboxylic acids is 5. The van der Waals surface area contributed by atoms with Gasteiger partial charge in [0.2, 0.25) is 17.6 Å². The van der Waals surface area contributed by atoms with Crippen LogP contribution in [-0.4, -0.2) is 64.6 Å². The van der Waals surface area contributed by atoms with E-state index in [4.69, 9.17) is 5.73 Å². The zero-order chi connectivity index (χ0) is 26.5. The van der Waals surface area contributed by atoms with Crippen LogP contribution >= 0.6 is 0 Å². The number of likely N-dealkylation sites (tertiary alicyclic amines) is 1. The van der Waals surface area contributed by atoms with Crippen LogP contribution in [0.15, 0.2) is 0 Å². The molecule has 5 atom stereocenters. The smallest absolute Gasteiger partial charge is 0.315 e. The molecular formula is C25H41N5O5. The molecule has 2 saturated carbocycles. The van der Waals surface area contributed by atoms with Crippen molar-refractivity contribution in [2.45, 2.75) is 97.8 Å². The topological polar surface area (TPSA) is 151 Å². The number of fused-ring (bicyclic) bond motifs is 1. The molecule has 0 aromatic rings. The maximum Gasteiger partial charge on any atom is 0.315 e. The lowest BCUT2D eigenvalue weighted by molar-refractivity contribution is -0.145. The van der Waals surface area contributed by atoms with Gasteiger partial charge in [0.1, 0.15) is 12.1 Å². The number of rotatable bonds is 9. The summed E-state index contributed by atoms with van der Waals surface area (Å²) in [6, 6.07) is -3.07. The molecule has 5 N–H and O–H groups in total. The van der Waals surface area contributed by atoms with E-state index in [0.717, 1.165) is 12.8 Å². The van der Waals surface area contributed by atoms with E-state index in [-0.39, 0.29) is 35.1 Å². The number of piperidine rings is 1. The van der Waals surface area contributed by atoms with Gasteiger partial charge in [-0.15, -0.1) is 0 Å². The number of primary amides is 1. The normalized spacial score (nSPS) is 27.2. The molecule has 1 heterocycles. The number of ketones is 1. The van der Waals surface area contributed by atoms with Crippen LogP contribution in [0.25, 0.3) is 0 Å². The van der Waals surface area contributed by atoms with Crippen molar-refractivity contribution in [1.29, 1.82) is 0 Å². The molecule has 10 heteroatoms. The van der Waals surface area contributed by atoms with Crippen LogP contribution < -0.4 is 21.7 Å². The van der Waals surface area contributed by atoms with Gasteiger partial charge < -0.3 is 26.6 Å². The third-order valence-electron chi connectivity index (χ3n) is 8.02. The summed E-state index contributed by atoms with van der Waals surface area (Å²) in [5, 5.41) is 8.47. The van der Waals surface area contributed by atoms with E-state index >= 15 is 0 Å². The van der Waals surface area contributed by atoms with E-state index in [1.807, 2.05) is 34.6 Å². The Morgan fingerprint density at radius 2 is 1.66 bits per heavy atom. The fourth-order valence-corrected chi connectivity index (χ4v) is 5.37. The molecule has 5 amide bonds. The van der Waals surface area contributed by atoms with Gasteiger partial charge in [0.25, 0.3) is 5.91 Å². The summed E-state index contributed by atoms with van der Waals surface area (Å²) in [6.07, 6.45) is 2.63. The molecule has 3 rings (SSSR count). The molecule has 1 saturated heterocycles. The molecule has 10 nitrogen and oxygen atoms in total. The predicted molar refractivity (Wildman–Crippen MR) is 130 cm³/mol. The van der Waals surface area contributed by atoms with Crippen molar-refractivity contribution in [2.24, 2.45) is 28.4 Å². The molecule has 2 aliphatic carbocycles. The maximum atomic E-state index is 13.8. The van der Waals surface area contributed by atoms with Crippen LogP contribution in [0.2, 0.25) is 0 Å². The number of nitrogens with two attached hydrogens (primary N) is 1. The second-order valence-corrected chi connectivity index (χ2v) is 12.4. The SMILES string of the molecule is CCCC(NC(=O)[C@@H]1[C@@H]2[C@H](CN1C(=O)[C@@H](NC(=O)NC1(C)CC1)C(C)(C)C)C2(C)C)C(=O)C(N)=O. The largest absolute Gasteiger partial charge is 0.363 e. The summed E-state index contributed by atoms with van der Waals surface area (Å²) in [5.74, 6) is -2.67. The molecule has 0 radical (unpaired) electrons. The van der Waals surface area contributed by atoms with Gasteiger partial charge >= 0.3 is 6.03 Å². The number of hydrogen-bond donors (Lipinski definition) is 4. The number of Topliss-reactive ketones (excluding diaryl/α,β-unsaturated/α-hetero) is 1. The first-order valence-electron chi connectivity index (χ1n) is 12.6. The Morgan fingerprint density at radius 3 is 2.14 bits per heavy atom. The minimum Gasteiger partial charge on any atom is -0.363 e. The van der Waals surface area contributed by atoms with E-state index in [2.05, 4.69) is 29.8 Å². The fourth-order valence-electron chi connectivity index (χ4n) is 5.37. The van der Waals surface area contributed by atoms with Gasteiger partial charge in [0, 0.05) is 12.1 Å². The van der Waals surface area contributed by atoms with E-state index in [0.29, 0.717) is 13.0 Å². The van der Waals surface area contributed by atoms with Crippen molar-refractivity contribution in [3.05, 3.63) is 0 Å². The Labute approximate surface area is 207 Å². The minimum atomic E-state index is -1.10. The van der Waals surface area contributed by atoms with Crippen molar-refractivity contribution in [2.75, 3.05) is 6.54 Å². The van der Waals surface area contributed by atoms with E-state index in [9.17, 15) is 24.0 Å². The molecule has 0 aromatic carbocycles. The van der Waals surface area contributed by atoms with Crippen LogP contribution in [0.5, 0.6) is 0 Å². The zero-order valence-corrected chi connectivity index (χ0v) is 22.0. The third-order valence-corrected chi connectivity index (χ3v) is 8.02. The highest BCUT2D eigenvalue weighted by molar-refractivity contribution is 6.37. The second-order valence-electron chi connectivity index (χ2n) is 12.4. The lowest BCUT2D eigenvalue weighted by Crippen LogP contribution is -2.61. The van der Waals surface area contributed by atoms with Gasteiger partial charge in [0.15, 0.2) is 0 Å². The minimum absolute atomic E-state index is 0.0720. The molecule has 196 valence electrons. The summed E-state index contributed by atoms with van der Waals surface area (Å²) in [5.41, 5.74) is 4.21. The van der Waals surface area contributed by atoms with Gasteiger partial charge in [-0.2, -0.15) is 0 Å². The number of amides is 5. The molecular weight excluding hydrogens is 450 g/mol. The molecule has 35 heavy (non-hydrogen) atoms. The first-order valence-corrected chi connectivity index (χ1v) is 12.6. The lowest BCUT2D eigenvalue weighted by atomic mass is 9.85. The number of hydrogen-bond acceptors (Lipinski definition) is 5. The molecule has 0 aromatic heterocycles. The standard InChI is InChI=1S/C25H41N5O5/c1-8-9-14(17(31)19(26)32)27-20(33)16-15-13(24(15,5)6)12-30(16)21(34)18(23(2,3)4)28-22(35)29-25(7)10-11-25/h13-16,18H,8-12H2,1-7H3,(H2,26,32)(H,27,33)(H2,28,29,35)/t13-,14?,15-,16-,18+/m0/s1. The Balaban J connectivity index is 1.82. The van der Waals surface area contributed by atoms with E-state index < -0.39 is 47.2 Å². The van der Waals surface area contributed by atoms with Gasteiger partial charge in [-0.25, -0.2) is 4.79 Å². The lowest BCUT2D eigenvalue weighted by Gasteiger charge is -2.38. The molecule has 1 aliphatic heterocycles. The first-order chi connectivity index (χ1) is 16.0. The summed E-state index contributed by atoms with van der Waals surface area (Å²) >= 11 is 0. The fraction of sp³-hybridized carbons (Fsp3) is 0.800. The van der Waals surface area contributed by atoms with Crippen LogP contribution in [0.4, 0.5) is 4.79 Å². The zero-order valence-electron chi connectivity index (χ0n) is 22.0. The van der Waals surface area contributed by atoms with Crippen molar-refractivity contribution < 1.29 is 24.0 Å². The van der Waals surface area contributed by atoms with E-state index in [1.54, 1.807) is 4.90 Å². The summed E-state index contributed by atoms with van der Waals surface area (Å²) in [6.45, 7) is 13.9. The highest BCUT2D eigenvalue weighted by Crippen LogP contribution is 2.65. The Bertz CT molecular complexity index is 920. The van der Waals surface area contributed by atoms with Crippen LogP contribution in [-0.2, 0) is 19.2 Å². The van der Waals surface area contributed by atoms with Crippen molar-refractivity contribution in [3.63, 3.8) is 0 Å². The van der Waals surface area contributed by atoms with Crippen molar-refractivity contribution >= 4 is 29.5 Å². The molecule has 3 fully saturated rings. The predicted octanol–water partition coefficient (Wildman–Crippen LogP) is 1.08. The molecule has 1 unspecified atom stereocenters. The van der Waals surface area contributed by atoms with Gasteiger partial charge in [-0.3, -0.25) is 19.2 Å². The molecule has 3 aliphatic rings. The maximum absolute atomic E-state index is 13.8. The number of nitrogens with one attached hydrogen (secondary N) is 3. The monoisotopic (exact) mass is 491 g/mol. The van der Waals surface area contributed by atoms with Crippen molar-refractivity contribution in [1.82, 2.24) is 20.9 Å². The van der Waals surface area contributed by atoms with Crippen LogP contribution in [0.1, 0.15) is 74.1 Å². The second kappa shape index (κ2) is 9.09. The average molecular weight is 492 g/mol. The van der Waals surface area contributed by atoms with Crippen LogP contribution in [0, 0.1) is 22.7 Å². The highest BCUT2D eigenvalue weighted by Gasteiger charge is 2.69. The number of urea groups is 1. The summed E-state index contributed by atoms with van der Waals surface area (Å²) in [4.78, 5) is 65.3. The Hall–Kier alpha value is -2.65.